The maximum Gasteiger partial charge on any atom is 0.350 e. The molecule has 0 radical (unpaired) electrons. The van der Waals surface area contributed by atoms with E-state index in [1.54, 1.807) is 49.4 Å². The molecule has 0 spiro atoms. The maximum absolute atomic E-state index is 12.7. The largest absolute Gasteiger partial charge is 0.462 e. The number of hydrogen-bond acceptors (Lipinski definition) is 6. The lowest BCUT2D eigenvalue weighted by atomic mass is 10.1. The first-order chi connectivity index (χ1) is 13.3. The summed E-state index contributed by atoms with van der Waals surface area (Å²) >= 11 is 0. The zero-order valence-corrected chi connectivity index (χ0v) is 16.6. The van der Waals surface area contributed by atoms with Gasteiger partial charge in [-0.3, -0.25) is 4.72 Å². The second-order valence-electron chi connectivity index (χ2n) is 5.93. The number of nitrogens with zero attached hydrogens (tertiary/aromatic N) is 1. The van der Waals surface area contributed by atoms with E-state index in [0.717, 1.165) is 11.1 Å². The minimum absolute atomic E-state index is 0.143. The number of benzene rings is 2. The minimum atomic E-state index is -3.81. The van der Waals surface area contributed by atoms with Gasteiger partial charge in [0.05, 0.1) is 22.9 Å². The predicted molar refractivity (Wildman–Crippen MR) is 107 cm³/mol. The van der Waals surface area contributed by atoms with E-state index >= 15 is 0 Å². The van der Waals surface area contributed by atoms with Crippen LogP contribution in [0, 0.1) is 25.2 Å². The molecule has 146 valence electrons. The fourth-order valence-corrected chi connectivity index (χ4v) is 3.44. The second-order valence-corrected chi connectivity index (χ2v) is 7.61. The molecule has 28 heavy (non-hydrogen) atoms. The highest BCUT2D eigenvalue weighted by atomic mass is 32.2. The van der Waals surface area contributed by atoms with Gasteiger partial charge in [0.1, 0.15) is 6.07 Å². The van der Waals surface area contributed by atoms with Gasteiger partial charge in [0.25, 0.3) is 10.0 Å². The molecule has 0 fully saturated rings. The number of hydrogen-bond donors (Lipinski definition) is 2. The van der Waals surface area contributed by atoms with Crippen LogP contribution in [0.15, 0.2) is 59.1 Å². The third-order valence-electron chi connectivity index (χ3n) is 3.95. The quantitative estimate of drug-likeness (QED) is 0.419. The Hall–Kier alpha value is -3.31. The van der Waals surface area contributed by atoms with Gasteiger partial charge < -0.3 is 10.1 Å². The molecule has 0 atom stereocenters. The lowest BCUT2D eigenvalue weighted by Gasteiger charge is -2.13. The fraction of sp³-hybridized carbons (Fsp3) is 0.200. The van der Waals surface area contributed by atoms with Crippen molar-refractivity contribution in [2.24, 2.45) is 0 Å². The van der Waals surface area contributed by atoms with Crippen molar-refractivity contribution in [2.75, 3.05) is 16.6 Å². The topological polar surface area (TPSA) is 108 Å². The Morgan fingerprint density at radius 3 is 2.43 bits per heavy atom. The second kappa shape index (κ2) is 9.06. The summed E-state index contributed by atoms with van der Waals surface area (Å²) in [5.41, 5.74) is 2.29. The Morgan fingerprint density at radius 1 is 1.14 bits per heavy atom. The number of ether oxygens (including phenoxy) is 1. The van der Waals surface area contributed by atoms with Crippen molar-refractivity contribution in [1.82, 2.24) is 0 Å². The summed E-state index contributed by atoms with van der Waals surface area (Å²) in [6.45, 7) is 5.52. The van der Waals surface area contributed by atoms with Crippen molar-refractivity contribution in [3.05, 3.63) is 65.4 Å². The van der Waals surface area contributed by atoms with Crippen molar-refractivity contribution >= 4 is 27.4 Å². The first-order valence-corrected chi connectivity index (χ1v) is 10.00. The van der Waals surface area contributed by atoms with E-state index in [4.69, 9.17) is 10.00 Å². The molecule has 2 aromatic rings. The van der Waals surface area contributed by atoms with Crippen molar-refractivity contribution in [3.8, 4) is 6.07 Å². The van der Waals surface area contributed by atoms with E-state index in [1.807, 2.05) is 13.8 Å². The smallest absolute Gasteiger partial charge is 0.350 e. The standard InChI is InChI=1S/C20H21N3O4S/c1-4-27-20(24)16(12-21)13-22-18-7-5-6-8-19(18)23-28(25,26)17-10-9-14(2)15(3)11-17/h5-11,13,22-23H,4H2,1-3H3/b16-13-. The van der Waals surface area contributed by atoms with Crippen LogP contribution in [0.2, 0.25) is 0 Å². The summed E-state index contributed by atoms with van der Waals surface area (Å²) in [6.07, 6.45) is 1.18. The molecule has 0 aliphatic rings. The number of rotatable bonds is 7. The predicted octanol–water partition coefficient (Wildman–Crippen LogP) is 3.49. The van der Waals surface area contributed by atoms with E-state index in [-0.39, 0.29) is 22.8 Å². The van der Waals surface area contributed by atoms with E-state index in [0.29, 0.717) is 5.69 Å². The minimum Gasteiger partial charge on any atom is -0.462 e. The summed E-state index contributed by atoms with van der Waals surface area (Å²) in [5.74, 6) is -0.759. The number of carbonyl (C=O) groups is 1. The number of esters is 1. The Balaban J connectivity index is 2.30. The Bertz CT molecular complexity index is 1050. The van der Waals surface area contributed by atoms with Crippen LogP contribution in [0.4, 0.5) is 11.4 Å². The third-order valence-corrected chi connectivity index (χ3v) is 5.31. The molecule has 2 N–H and O–H groups in total. The first-order valence-electron chi connectivity index (χ1n) is 8.51. The maximum atomic E-state index is 12.7. The summed E-state index contributed by atoms with van der Waals surface area (Å²) in [6, 6.07) is 13.2. The van der Waals surface area contributed by atoms with Crippen LogP contribution in [0.5, 0.6) is 0 Å². The molecule has 7 nitrogen and oxygen atoms in total. The summed E-state index contributed by atoms with van der Waals surface area (Å²) in [5, 5.41) is 11.9. The van der Waals surface area contributed by atoms with Crippen LogP contribution < -0.4 is 10.0 Å². The number of para-hydroxylation sites is 2. The average molecular weight is 399 g/mol. The highest BCUT2D eigenvalue weighted by Crippen LogP contribution is 2.25. The van der Waals surface area contributed by atoms with Gasteiger partial charge in [-0.1, -0.05) is 18.2 Å². The molecule has 8 heteroatoms. The first kappa shape index (κ1) is 21.0. The Morgan fingerprint density at radius 2 is 1.82 bits per heavy atom. The monoisotopic (exact) mass is 399 g/mol. The average Bonchev–Trinajstić information content (AvgIpc) is 2.65. The molecule has 2 aromatic carbocycles. The van der Waals surface area contributed by atoms with Crippen LogP contribution in [-0.2, 0) is 19.6 Å². The molecule has 0 bridgehead atoms. The molecule has 0 saturated heterocycles. The molecular formula is C20H21N3O4S. The van der Waals surface area contributed by atoms with Crippen molar-refractivity contribution in [1.29, 1.82) is 5.26 Å². The van der Waals surface area contributed by atoms with Gasteiger partial charge in [0.2, 0.25) is 0 Å². The highest BCUT2D eigenvalue weighted by Gasteiger charge is 2.17. The zero-order valence-electron chi connectivity index (χ0n) is 15.8. The van der Waals surface area contributed by atoms with Crippen LogP contribution in [0.25, 0.3) is 0 Å². The highest BCUT2D eigenvalue weighted by molar-refractivity contribution is 7.92. The van der Waals surface area contributed by atoms with Gasteiger partial charge in [0, 0.05) is 6.20 Å². The van der Waals surface area contributed by atoms with Crippen LogP contribution >= 0.6 is 0 Å². The van der Waals surface area contributed by atoms with E-state index in [2.05, 4.69) is 10.0 Å². The third kappa shape index (κ3) is 5.11. The molecule has 0 aromatic heterocycles. The van der Waals surface area contributed by atoms with E-state index < -0.39 is 16.0 Å². The molecule has 0 aliphatic heterocycles. The van der Waals surface area contributed by atoms with Gasteiger partial charge in [-0.05, 0) is 56.2 Å². The van der Waals surface area contributed by atoms with Gasteiger partial charge in [-0.2, -0.15) is 5.26 Å². The van der Waals surface area contributed by atoms with Crippen LogP contribution in [-0.4, -0.2) is 21.0 Å². The molecule has 0 unspecified atom stereocenters. The fourth-order valence-electron chi connectivity index (χ4n) is 2.28. The summed E-state index contributed by atoms with van der Waals surface area (Å²) < 4.78 is 32.8. The number of nitriles is 1. The molecule has 0 aliphatic carbocycles. The van der Waals surface area contributed by atoms with Crippen LogP contribution in [0.3, 0.4) is 0 Å². The van der Waals surface area contributed by atoms with Gasteiger partial charge in [-0.15, -0.1) is 0 Å². The zero-order chi connectivity index (χ0) is 20.7. The SMILES string of the molecule is CCOC(=O)/C(C#N)=C\Nc1ccccc1NS(=O)(=O)c1ccc(C)c(C)c1. The Labute approximate surface area is 164 Å². The molecular weight excluding hydrogens is 378 g/mol. The van der Waals surface area contributed by atoms with Crippen molar-refractivity contribution in [2.45, 2.75) is 25.7 Å². The van der Waals surface area contributed by atoms with E-state index in [1.165, 1.54) is 12.3 Å². The number of carbonyl (C=O) groups excluding carboxylic acids is 1. The lowest BCUT2D eigenvalue weighted by Crippen LogP contribution is -2.14. The number of nitrogens with one attached hydrogen (secondary N) is 2. The van der Waals surface area contributed by atoms with Crippen LogP contribution in [0.1, 0.15) is 18.1 Å². The van der Waals surface area contributed by atoms with Crippen molar-refractivity contribution < 1.29 is 17.9 Å². The van der Waals surface area contributed by atoms with Crippen molar-refractivity contribution in [3.63, 3.8) is 0 Å². The normalized spacial score (nSPS) is 11.4. The lowest BCUT2D eigenvalue weighted by molar-refractivity contribution is -0.138. The molecule has 0 saturated carbocycles. The number of aryl methyl sites for hydroxylation is 2. The van der Waals surface area contributed by atoms with Gasteiger partial charge >= 0.3 is 5.97 Å². The summed E-state index contributed by atoms with van der Waals surface area (Å²) in [7, 11) is -3.81. The van der Waals surface area contributed by atoms with Gasteiger partial charge in [-0.25, -0.2) is 13.2 Å². The summed E-state index contributed by atoms with van der Waals surface area (Å²) in [4.78, 5) is 11.8. The molecule has 0 amide bonds. The Kier molecular flexibility index (Phi) is 6.79. The van der Waals surface area contributed by atoms with E-state index in [9.17, 15) is 13.2 Å². The number of sulfonamides is 1. The molecule has 2 rings (SSSR count). The number of anilines is 2. The van der Waals surface area contributed by atoms with Gasteiger partial charge in [0.15, 0.2) is 5.57 Å². The molecule has 0 heterocycles.